The van der Waals surface area contributed by atoms with Crippen LogP contribution in [0.1, 0.15) is 0 Å². The maximum Gasteiger partial charge on any atom is 0.273 e. The van der Waals surface area contributed by atoms with E-state index in [-0.39, 0.29) is 11.4 Å². The molecule has 0 saturated heterocycles. The first-order valence-corrected chi connectivity index (χ1v) is 5.15. The largest absolute Gasteiger partial charge is 0.740 e. The standard InChI is InChI=1S/C8H10N2O5S/c1-9(2)7-4-3-6(10(11)12)5-8(7)15-16(13)14/h3-5H,1-2H3,(H,13,14)/p-1. The van der Waals surface area contributed by atoms with Crippen molar-refractivity contribution in [3.63, 3.8) is 0 Å². The zero-order valence-corrected chi connectivity index (χ0v) is 9.39. The molecule has 1 atom stereocenters. The van der Waals surface area contributed by atoms with E-state index in [1.54, 1.807) is 19.0 Å². The van der Waals surface area contributed by atoms with Crippen LogP contribution in [0.4, 0.5) is 11.4 Å². The lowest BCUT2D eigenvalue weighted by Crippen LogP contribution is -2.11. The van der Waals surface area contributed by atoms with Crippen molar-refractivity contribution in [2.75, 3.05) is 19.0 Å². The summed E-state index contributed by atoms with van der Waals surface area (Å²) in [5, 5.41) is 10.5. The van der Waals surface area contributed by atoms with Crippen molar-refractivity contribution in [3.05, 3.63) is 28.3 Å². The number of nitro groups is 1. The van der Waals surface area contributed by atoms with E-state index in [2.05, 4.69) is 4.18 Å². The van der Waals surface area contributed by atoms with Crippen LogP contribution >= 0.6 is 0 Å². The Hall–Kier alpha value is -1.67. The molecule has 0 heterocycles. The van der Waals surface area contributed by atoms with Crippen molar-refractivity contribution in [1.82, 2.24) is 0 Å². The normalized spacial score (nSPS) is 11.9. The number of benzene rings is 1. The zero-order valence-electron chi connectivity index (χ0n) is 8.58. The number of nitrogens with zero attached hydrogens (tertiary/aromatic N) is 2. The Bertz CT molecular complexity index is 434. The molecular weight excluding hydrogens is 236 g/mol. The molecule has 0 N–H and O–H groups in total. The summed E-state index contributed by atoms with van der Waals surface area (Å²) in [5.41, 5.74) is 0.209. The van der Waals surface area contributed by atoms with Crippen molar-refractivity contribution in [3.8, 4) is 5.75 Å². The summed E-state index contributed by atoms with van der Waals surface area (Å²) < 4.78 is 25.3. The van der Waals surface area contributed by atoms with Crippen LogP contribution in [0.5, 0.6) is 5.75 Å². The minimum absolute atomic E-state index is 0.0764. The third kappa shape index (κ3) is 2.91. The Balaban J connectivity index is 3.20. The molecule has 0 saturated carbocycles. The van der Waals surface area contributed by atoms with Gasteiger partial charge < -0.3 is 13.6 Å². The fraction of sp³-hybridized carbons (Fsp3) is 0.250. The van der Waals surface area contributed by atoms with E-state index in [4.69, 9.17) is 0 Å². The van der Waals surface area contributed by atoms with Crippen LogP contribution in [0.25, 0.3) is 0 Å². The molecule has 1 aromatic rings. The van der Waals surface area contributed by atoms with Gasteiger partial charge in [0.15, 0.2) is 5.75 Å². The summed E-state index contributed by atoms with van der Waals surface area (Å²) in [6.45, 7) is 0. The van der Waals surface area contributed by atoms with Crippen LogP contribution in [0, 0.1) is 10.1 Å². The van der Waals surface area contributed by atoms with E-state index in [0.717, 1.165) is 6.07 Å². The highest BCUT2D eigenvalue weighted by atomic mass is 32.2. The smallest absolute Gasteiger partial charge is 0.273 e. The highest BCUT2D eigenvalue weighted by molar-refractivity contribution is 7.74. The Morgan fingerprint density at radius 2 is 2.06 bits per heavy atom. The van der Waals surface area contributed by atoms with E-state index in [9.17, 15) is 18.9 Å². The number of anilines is 1. The number of non-ortho nitro benzene ring substituents is 1. The van der Waals surface area contributed by atoms with E-state index in [1.165, 1.54) is 12.1 Å². The molecule has 1 unspecified atom stereocenters. The van der Waals surface area contributed by atoms with Gasteiger partial charge in [0.1, 0.15) is 11.4 Å². The molecule has 0 fully saturated rings. The van der Waals surface area contributed by atoms with E-state index >= 15 is 0 Å². The first-order valence-electron chi connectivity index (χ1n) is 4.15. The number of nitro benzene ring substituents is 1. The topological polar surface area (TPSA) is 95.7 Å². The fourth-order valence-electron chi connectivity index (χ4n) is 1.13. The number of hydrogen-bond donors (Lipinski definition) is 0. The maximum atomic E-state index is 10.5. The van der Waals surface area contributed by atoms with Gasteiger partial charge in [-0.1, -0.05) is 0 Å². The van der Waals surface area contributed by atoms with E-state index in [1.807, 2.05) is 0 Å². The molecule has 8 heteroatoms. The Kier molecular flexibility index (Phi) is 3.80. The van der Waals surface area contributed by atoms with Gasteiger partial charge in [-0.25, -0.2) is 4.21 Å². The van der Waals surface area contributed by atoms with Crippen molar-refractivity contribution < 1.29 is 17.9 Å². The van der Waals surface area contributed by atoms with Crippen molar-refractivity contribution in [2.45, 2.75) is 0 Å². The summed E-state index contributed by atoms with van der Waals surface area (Å²) in [6, 6.07) is 3.75. The first kappa shape index (κ1) is 12.4. The zero-order chi connectivity index (χ0) is 12.3. The summed E-state index contributed by atoms with van der Waals surface area (Å²) in [7, 11) is 3.34. The van der Waals surface area contributed by atoms with Crippen LogP contribution in [0.15, 0.2) is 18.2 Å². The molecule has 0 spiro atoms. The first-order chi connectivity index (χ1) is 7.41. The summed E-state index contributed by atoms with van der Waals surface area (Å²) in [5.74, 6) is -0.0764. The predicted molar refractivity (Wildman–Crippen MR) is 57.0 cm³/mol. The van der Waals surface area contributed by atoms with Crippen molar-refractivity contribution in [2.24, 2.45) is 0 Å². The molecule has 88 valence electrons. The van der Waals surface area contributed by atoms with E-state index < -0.39 is 16.3 Å². The molecule has 0 radical (unpaired) electrons. The lowest BCUT2D eigenvalue weighted by molar-refractivity contribution is -0.384. The molecule has 16 heavy (non-hydrogen) atoms. The average Bonchev–Trinajstić information content (AvgIpc) is 2.15. The van der Waals surface area contributed by atoms with Crippen LogP contribution in [0.2, 0.25) is 0 Å². The molecule has 0 aromatic heterocycles. The molecule has 1 aromatic carbocycles. The molecule has 0 aliphatic carbocycles. The molecule has 0 aliphatic heterocycles. The average molecular weight is 245 g/mol. The minimum atomic E-state index is -2.76. The Morgan fingerprint density at radius 3 is 2.50 bits per heavy atom. The van der Waals surface area contributed by atoms with Gasteiger partial charge in [-0.2, -0.15) is 0 Å². The van der Waals surface area contributed by atoms with Gasteiger partial charge in [0.25, 0.3) is 5.69 Å². The van der Waals surface area contributed by atoms with Gasteiger partial charge in [-0.15, -0.1) is 0 Å². The summed E-state index contributed by atoms with van der Waals surface area (Å²) >= 11 is -2.76. The lowest BCUT2D eigenvalue weighted by Gasteiger charge is -2.17. The maximum absolute atomic E-state index is 10.5. The van der Waals surface area contributed by atoms with Gasteiger partial charge in [0.2, 0.25) is 0 Å². The van der Waals surface area contributed by atoms with Gasteiger partial charge >= 0.3 is 0 Å². The highest BCUT2D eigenvalue weighted by Crippen LogP contribution is 2.31. The monoisotopic (exact) mass is 245 g/mol. The number of rotatable bonds is 4. The predicted octanol–water partition coefficient (Wildman–Crippen LogP) is 0.834. The van der Waals surface area contributed by atoms with Crippen LogP contribution in [0.3, 0.4) is 0 Å². The van der Waals surface area contributed by atoms with Crippen LogP contribution < -0.4 is 9.08 Å². The summed E-state index contributed by atoms with van der Waals surface area (Å²) in [4.78, 5) is 11.5. The fourth-order valence-corrected chi connectivity index (χ4v) is 1.41. The molecule has 0 bridgehead atoms. The van der Waals surface area contributed by atoms with Crippen molar-refractivity contribution in [1.29, 1.82) is 0 Å². The van der Waals surface area contributed by atoms with Crippen LogP contribution in [-0.4, -0.2) is 27.8 Å². The molecule has 0 aliphatic rings. The van der Waals surface area contributed by atoms with Crippen LogP contribution in [-0.2, 0) is 11.4 Å². The van der Waals surface area contributed by atoms with Gasteiger partial charge in [0, 0.05) is 20.2 Å². The second-order valence-corrected chi connectivity index (χ2v) is 3.67. The second-order valence-electron chi connectivity index (χ2n) is 3.09. The molecular formula is C8H9N2O5S-. The Morgan fingerprint density at radius 1 is 1.44 bits per heavy atom. The quantitative estimate of drug-likeness (QED) is 0.443. The minimum Gasteiger partial charge on any atom is -0.740 e. The Labute approximate surface area is 94.3 Å². The van der Waals surface area contributed by atoms with E-state index in [0.29, 0.717) is 5.69 Å². The third-order valence-corrected chi connectivity index (χ3v) is 2.11. The second kappa shape index (κ2) is 4.90. The molecule has 1 rings (SSSR count). The van der Waals surface area contributed by atoms with Gasteiger partial charge in [0.05, 0.1) is 16.7 Å². The SMILES string of the molecule is CN(C)c1ccc([N+](=O)[O-])cc1OS(=O)[O-]. The number of hydrogen-bond acceptors (Lipinski definition) is 6. The summed E-state index contributed by atoms with van der Waals surface area (Å²) in [6.07, 6.45) is 0. The molecule has 0 amide bonds. The van der Waals surface area contributed by atoms with Gasteiger partial charge in [-0.3, -0.25) is 10.1 Å². The lowest BCUT2D eigenvalue weighted by atomic mass is 10.2. The van der Waals surface area contributed by atoms with Crippen molar-refractivity contribution >= 4 is 22.7 Å². The van der Waals surface area contributed by atoms with Gasteiger partial charge in [-0.05, 0) is 6.07 Å². The third-order valence-electron chi connectivity index (χ3n) is 1.79. The molecule has 7 nitrogen and oxygen atoms in total. The highest BCUT2D eigenvalue weighted by Gasteiger charge is 2.13.